The number of halogens is 1. The van der Waals surface area contributed by atoms with E-state index < -0.39 is 0 Å². The van der Waals surface area contributed by atoms with Crippen LogP contribution >= 0.6 is 15.9 Å². The van der Waals surface area contributed by atoms with E-state index in [0.717, 1.165) is 24.1 Å². The van der Waals surface area contributed by atoms with Gasteiger partial charge in [-0.2, -0.15) is 0 Å². The van der Waals surface area contributed by atoms with Crippen LogP contribution in [0.2, 0.25) is 0 Å². The third kappa shape index (κ3) is 2.60. The lowest BCUT2D eigenvalue weighted by atomic mass is 9.78. The fraction of sp³-hybridized carbons (Fsp3) is 0.818. The molecule has 0 radical (unpaired) electrons. The van der Waals surface area contributed by atoms with Crippen molar-refractivity contribution in [2.24, 2.45) is 18.9 Å². The van der Waals surface area contributed by atoms with Crippen LogP contribution in [0.5, 0.6) is 0 Å². The van der Waals surface area contributed by atoms with E-state index in [2.05, 4.69) is 33.1 Å². The molecule has 1 aromatic rings. The Bertz CT molecular complexity index is 323. The second-order valence-electron chi connectivity index (χ2n) is 4.71. The van der Waals surface area contributed by atoms with Crippen LogP contribution in [0.1, 0.15) is 32.0 Å². The molecule has 3 unspecified atom stereocenters. The Labute approximate surface area is 99.4 Å². The minimum absolute atomic E-state index is 0.701. The monoisotopic (exact) mass is 271 g/mol. The smallest absolute Gasteiger partial charge is 0.132 e. The first-order valence-electron chi connectivity index (χ1n) is 5.63. The summed E-state index contributed by atoms with van der Waals surface area (Å²) in [6.45, 7) is 2.36. The van der Waals surface area contributed by atoms with Gasteiger partial charge in [0.25, 0.3) is 0 Å². The highest BCUT2D eigenvalue weighted by Crippen LogP contribution is 2.35. The van der Waals surface area contributed by atoms with Crippen LogP contribution in [0, 0.1) is 11.8 Å². The van der Waals surface area contributed by atoms with Gasteiger partial charge in [-0.3, -0.25) is 0 Å². The van der Waals surface area contributed by atoms with Crippen LogP contribution in [0.25, 0.3) is 0 Å². The van der Waals surface area contributed by atoms with Gasteiger partial charge in [-0.15, -0.1) is 10.2 Å². The summed E-state index contributed by atoms with van der Waals surface area (Å²) in [5.74, 6) is 2.69. The van der Waals surface area contributed by atoms with Crippen LogP contribution in [0.4, 0.5) is 0 Å². The maximum atomic E-state index is 4.17. The molecule has 1 aromatic heterocycles. The highest BCUT2D eigenvalue weighted by Gasteiger charge is 2.27. The molecule has 1 aliphatic rings. The number of nitrogens with zero attached hydrogens (tertiary/aromatic N) is 3. The summed E-state index contributed by atoms with van der Waals surface area (Å²) >= 11 is 3.74. The van der Waals surface area contributed by atoms with Crippen molar-refractivity contribution in [3.8, 4) is 0 Å². The zero-order valence-corrected chi connectivity index (χ0v) is 10.9. The molecular weight excluding hydrogens is 254 g/mol. The SMILES string of the molecule is CC1CCC(Br)CC1Cc1nncn1C. The lowest BCUT2D eigenvalue weighted by Crippen LogP contribution is -2.25. The van der Waals surface area contributed by atoms with E-state index in [1.54, 1.807) is 6.33 Å². The molecule has 3 atom stereocenters. The standard InChI is InChI=1S/C11H18BrN3/c1-8-3-4-10(12)5-9(8)6-11-14-13-7-15(11)2/h7-10H,3-6H2,1-2H3. The molecule has 1 aliphatic carbocycles. The molecule has 0 saturated heterocycles. The zero-order valence-electron chi connectivity index (χ0n) is 9.36. The Morgan fingerprint density at radius 1 is 1.53 bits per heavy atom. The van der Waals surface area contributed by atoms with Gasteiger partial charge in [-0.1, -0.05) is 22.9 Å². The fourth-order valence-corrected chi connectivity index (χ4v) is 3.11. The summed E-state index contributed by atoms with van der Waals surface area (Å²) in [4.78, 5) is 0.701. The van der Waals surface area contributed by atoms with Crippen molar-refractivity contribution in [2.45, 2.75) is 37.4 Å². The molecule has 2 rings (SSSR count). The Hall–Kier alpha value is -0.380. The van der Waals surface area contributed by atoms with Gasteiger partial charge in [0.15, 0.2) is 0 Å². The molecule has 1 fully saturated rings. The van der Waals surface area contributed by atoms with Crippen molar-refractivity contribution >= 4 is 15.9 Å². The topological polar surface area (TPSA) is 30.7 Å². The van der Waals surface area contributed by atoms with Crippen molar-refractivity contribution in [3.63, 3.8) is 0 Å². The maximum Gasteiger partial charge on any atom is 0.132 e. The third-order valence-corrected chi connectivity index (χ3v) is 4.38. The van der Waals surface area contributed by atoms with E-state index in [1.165, 1.54) is 19.3 Å². The first-order valence-corrected chi connectivity index (χ1v) is 6.55. The van der Waals surface area contributed by atoms with Gasteiger partial charge in [0.2, 0.25) is 0 Å². The molecule has 15 heavy (non-hydrogen) atoms. The average molecular weight is 272 g/mol. The zero-order chi connectivity index (χ0) is 10.8. The molecule has 84 valence electrons. The Morgan fingerprint density at radius 2 is 2.33 bits per heavy atom. The van der Waals surface area contributed by atoms with Crippen LogP contribution in [0.15, 0.2) is 6.33 Å². The van der Waals surface area contributed by atoms with Gasteiger partial charge < -0.3 is 4.57 Å². The summed E-state index contributed by atoms with van der Waals surface area (Å²) in [6.07, 6.45) is 6.77. The molecule has 0 N–H and O–H groups in total. The lowest BCUT2D eigenvalue weighted by Gasteiger charge is -2.31. The van der Waals surface area contributed by atoms with Gasteiger partial charge in [0, 0.05) is 18.3 Å². The second kappa shape index (κ2) is 4.64. The molecular formula is C11H18BrN3. The fourth-order valence-electron chi connectivity index (χ4n) is 2.37. The van der Waals surface area contributed by atoms with Crippen molar-refractivity contribution in [1.29, 1.82) is 0 Å². The number of rotatable bonds is 2. The minimum atomic E-state index is 0.701. The van der Waals surface area contributed by atoms with E-state index in [0.29, 0.717) is 4.83 Å². The molecule has 1 heterocycles. The Balaban J connectivity index is 2.01. The van der Waals surface area contributed by atoms with E-state index >= 15 is 0 Å². The predicted molar refractivity (Wildman–Crippen MR) is 63.9 cm³/mol. The van der Waals surface area contributed by atoms with Gasteiger partial charge in [0.1, 0.15) is 12.2 Å². The summed E-state index contributed by atoms with van der Waals surface area (Å²) < 4.78 is 2.03. The van der Waals surface area contributed by atoms with Gasteiger partial charge in [0.05, 0.1) is 0 Å². The van der Waals surface area contributed by atoms with Crippen LogP contribution in [-0.2, 0) is 13.5 Å². The van der Waals surface area contributed by atoms with Gasteiger partial charge >= 0.3 is 0 Å². The van der Waals surface area contributed by atoms with Crippen LogP contribution < -0.4 is 0 Å². The molecule has 0 aliphatic heterocycles. The highest BCUT2D eigenvalue weighted by atomic mass is 79.9. The number of alkyl halides is 1. The number of aryl methyl sites for hydroxylation is 1. The average Bonchev–Trinajstić information content (AvgIpc) is 2.58. The van der Waals surface area contributed by atoms with Crippen LogP contribution in [0.3, 0.4) is 0 Å². The van der Waals surface area contributed by atoms with Gasteiger partial charge in [-0.25, -0.2) is 0 Å². The second-order valence-corrected chi connectivity index (χ2v) is 6.00. The molecule has 1 saturated carbocycles. The molecule has 4 heteroatoms. The summed E-state index contributed by atoms with van der Waals surface area (Å²) in [6, 6.07) is 0. The van der Waals surface area contributed by atoms with Crippen molar-refractivity contribution in [3.05, 3.63) is 12.2 Å². The first-order chi connectivity index (χ1) is 7.16. The highest BCUT2D eigenvalue weighted by molar-refractivity contribution is 9.09. The minimum Gasteiger partial charge on any atom is -0.321 e. The molecule has 0 amide bonds. The largest absolute Gasteiger partial charge is 0.321 e. The number of hydrogen-bond acceptors (Lipinski definition) is 2. The first kappa shape index (κ1) is 11.1. The predicted octanol–water partition coefficient (Wildman–Crippen LogP) is 2.56. The van der Waals surface area contributed by atoms with Crippen LogP contribution in [-0.4, -0.2) is 19.6 Å². The third-order valence-electron chi connectivity index (χ3n) is 3.55. The lowest BCUT2D eigenvalue weighted by molar-refractivity contribution is 0.258. The molecule has 3 nitrogen and oxygen atoms in total. The van der Waals surface area contributed by atoms with E-state index in [-0.39, 0.29) is 0 Å². The Kier molecular flexibility index (Phi) is 3.44. The quantitative estimate of drug-likeness (QED) is 0.775. The summed E-state index contributed by atoms with van der Waals surface area (Å²) in [5.41, 5.74) is 0. The van der Waals surface area contributed by atoms with Crippen molar-refractivity contribution in [1.82, 2.24) is 14.8 Å². The molecule has 0 bridgehead atoms. The number of hydrogen-bond donors (Lipinski definition) is 0. The maximum absolute atomic E-state index is 4.17. The van der Waals surface area contributed by atoms with Crippen molar-refractivity contribution < 1.29 is 0 Å². The van der Waals surface area contributed by atoms with Gasteiger partial charge in [-0.05, 0) is 31.1 Å². The summed E-state index contributed by atoms with van der Waals surface area (Å²) in [5, 5.41) is 8.10. The summed E-state index contributed by atoms with van der Waals surface area (Å²) in [7, 11) is 2.02. The Morgan fingerprint density at radius 3 is 3.00 bits per heavy atom. The van der Waals surface area contributed by atoms with E-state index in [9.17, 15) is 0 Å². The normalized spacial score (nSPS) is 31.8. The molecule has 0 spiro atoms. The molecule has 0 aromatic carbocycles. The van der Waals surface area contributed by atoms with E-state index in [4.69, 9.17) is 0 Å². The van der Waals surface area contributed by atoms with E-state index in [1.807, 2.05) is 11.6 Å². The number of aromatic nitrogens is 3. The van der Waals surface area contributed by atoms with Crippen molar-refractivity contribution in [2.75, 3.05) is 0 Å².